The van der Waals surface area contributed by atoms with E-state index in [1.54, 1.807) is 31.5 Å². The fourth-order valence-corrected chi connectivity index (χ4v) is 1.99. The summed E-state index contributed by atoms with van der Waals surface area (Å²) < 4.78 is 15.6. The van der Waals surface area contributed by atoms with E-state index in [2.05, 4.69) is 15.7 Å². The summed E-state index contributed by atoms with van der Waals surface area (Å²) in [6.45, 7) is 5.28. The number of halogens is 1. The van der Waals surface area contributed by atoms with Crippen molar-refractivity contribution in [3.05, 3.63) is 42.0 Å². The van der Waals surface area contributed by atoms with Crippen molar-refractivity contribution in [2.75, 3.05) is 11.9 Å². The molecule has 3 N–H and O–H groups in total. The Morgan fingerprint density at radius 3 is 2.74 bits per heavy atom. The number of carbonyl (C=O) groups is 1. The second kappa shape index (κ2) is 6.78. The van der Waals surface area contributed by atoms with Gasteiger partial charge in [0.25, 0.3) is 0 Å². The molecular formula is C16H21FN4O2. The third-order valence-electron chi connectivity index (χ3n) is 3.71. The summed E-state index contributed by atoms with van der Waals surface area (Å²) in [7, 11) is 0. The number of hydrogen-bond acceptors (Lipinski definition) is 3. The van der Waals surface area contributed by atoms with Crippen molar-refractivity contribution >= 4 is 11.7 Å². The Labute approximate surface area is 134 Å². The average molecular weight is 320 g/mol. The first kappa shape index (κ1) is 17.0. The van der Waals surface area contributed by atoms with Crippen LogP contribution in [0.15, 0.2) is 30.6 Å². The molecule has 2 rings (SSSR count). The minimum atomic E-state index is -0.713. The molecule has 1 heterocycles. The smallest absolute Gasteiger partial charge is 0.319 e. The fraction of sp³-hybridized carbons (Fsp3) is 0.375. The van der Waals surface area contributed by atoms with Crippen LogP contribution in [0, 0.1) is 12.7 Å². The van der Waals surface area contributed by atoms with Gasteiger partial charge < -0.3 is 15.7 Å². The van der Waals surface area contributed by atoms with Crippen LogP contribution in [0.3, 0.4) is 0 Å². The Kier molecular flexibility index (Phi) is 5.00. The minimum Gasteiger partial charge on any atom is -0.394 e. The van der Waals surface area contributed by atoms with Crippen molar-refractivity contribution in [3.8, 4) is 5.69 Å². The van der Waals surface area contributed by atoms with Gasteiger partial charge in [0.2, 0.25) is 0 Å². The molecule has 23 heavy (non-hydrogen) atoms. The van der Waals surface area contributed by atoms with Crippen LogP contribution in [0.5, 0.6) is 0 Å². The number of aryl methyl sites for hydroxylation is 1. The largest absolute Gasteiger partial charge is 0.394 e. The highest BCUT2D eigenvalue weighted by Gasteiger charge is 2.23. The van der Waals surface area contributed by atoms with Gasteiger partial charge in [-0.05, 0) is 44.0 Å². The summed E-state index contributed by atoms with van der Waals surface area (Å²) in [5.41, 5.74) is 0.838. The lowest BCUT2D eigenvalue weighted by Gasteiger charge is -2.27. The SMILES string of the molecule is CC[C@](C)(CO)NC(=O)Nc1ccc(-n2cc(C)cn2)c(F)c1. The van der Waals surface area contributed by atoms with E-state index in [1.165, 1.54) is 10.7 Å². The number of nitrogens with one attached hydrogen (secondary N) is 2. The van der Waals surface area contributed by atoms with Crippen LogP contribution in [0.4, 0.5) is 14.9 Å². The van der Waals surface area contributed by atoms with Gasteiger partial charge >= 0.3 is 6.03 Å². The zero-order chi connectivity index (χ0) is 17.0. The molecule has 0 aliphatic carbocycles. The van der Waals surface area contributed by atoms with Crippen LogP contribution in [0.2, 0.25) is 0 Å². The maximum absolute atomic E-state index is 14.2. The summed E-state index contributed by atoms with van der Waals surface area (Å²) >= 11 is 0. The van der Waals surface area contributed by atoms with Crippen LogP contribution < -0.4 is 10.6 Å². The third-order valence-corrected chi connectivity index (χ3v) is 3.71. The monoisotopic (exact) mass is 320 g/mol. The molecule has 2 amide bonds. The Morgan fingerprint density at radius 2 is 2.22 bits per heavy atom. The molecule has 0 aliphatic heterocycles. The highest BCUT2D eigenvalue weighted by molar-refractivity contribution is 5.89. The number of aliphatic hydroxyl groups excluding tert-OH is 1. The lowest BCUT2D eigenvalue weighted by molar-refractivity contribution is 0.172. The van der Waals surface area contributed by atoms with Crippen LogP contribution in [0.1, 0.15) is 25.8 Å². The van der Waals surface area contributed by atoms with Crippen molar-refractivity contribution in [1.82, 2.24) is 15.1 Å². The summed E-state index contributed by atoms with van der Waals surface area (Å²) in [6, 6.07) is 3.87. The van der Waals surface area contributed by atoms with Gasteiger partial charge in [0, 0.05) is 11.9 Å². The predicted octanol–water partition coefficient (Wildman–Crippen LogP) is 2.60. The maximum atomic E-state index is 14.2. The summed E-state index contributed by atoms with van der Waals surface area (Å²) in [4.78, 5) is 11.9. The van der Waals surface area contributed by atoms with E-state index in [-0.39, 0.29) is 6.61 Å². The van der Waals surface area contributed by atoms with Crippen molar-refractivity contribution < 1.29 is 14.3 Å². The highest BCUT2D eigenvalue weighted by atomic mass is 19.1. The zero-order valence-corrected chi connectivity index (χ0v) is 13.4. The molecule has 2 aromatic rings. The van der Waals surface area contributed by atoms with Crippen molar-refractivity contribution in [2.45, 2.75) is 32.7 Å². The Bertz CT molecular complexity index is 695. The second-order valence-electron chi connectivity index (χ2n) is 5.78. The first-order valence-electron chi connectivity index (χ1n) is 7.38. The van der Waals surface area contributed by atoms with E-state index in [1.807, 2.05) is 13.8 Å². The molecule has 0 radical (unpaired) electrons. The number of hydrogen-bond donors (Lipinski definition) is 3. The van der Waals surface area contributed by atoms with Crippen molar-refractivity contribution in [2.24, 2.45) is 0 Å². The molecule has 0 fully saturated rings. The average Bonchev–Trinajstić information content (AvgIpc) is 2.93. The van der Waals surface area contributed by atoms with E-state index in [0.717, 1.165) is 5.56 Å². The molecule has 6 nitrogen and oxygen atoms in total. The zero-order valence-electron chi connectivity index (χ0n) is 13.4. The highest BCUT2D eigenvalue weighted by Crippen LogP contribution is 2.18. The third kappa shape index (κ3) is 4.07. The van der Waals surface area contributed by atoms with Crippen LogP contribution in [0.25, 0.3) is 5.69 Å². The Hall–Kier alpha value is -2.41. The van der Waals surface area contributed by atoms with Crippen molar-refractivity contribution in [1.29, 1.82) is 0 Å². The van der Waals surface area contributed by atoms with E-state index < -0.39 is 17.4 Å². The second-order valence-corrected chi connectivity index (χ2v) is 5.78. The number of amides is 2. The molecule has 0 saturated heterocycles. The number of anilines is 1. The molecule has 1 aromatic carbocycles. The van der Waals surface area contributed by atoms with Gasteiger partial charge in [-0.3, -0.25) is 0 Å². The molecule has 0 spiro atoms. The van der Waals surface area contributed by atoms with Gasteiger partial charge in [0.1, 0.15) is 5.69 Å². The molecule has 1 aromatic heterocycles. The number of aromatic nitrogens is 2. The number of carbonyl (C=O) groups excluding carboxylic acids is 1. The predicted molar refractivity (Wildman–Crippen MR) is 86.2 cm³/mol. The van der Waals surface area contributed by atoms with Crippen molar-refractivity contribution in [3.63, 3.8) is 0 Å². The van der Waals surface area contributed by atoms with E-state index in [0.29, 0.717) is 17.8 Å². The summed E-state index contributed by atoms with van der Waals surface area (Å²) in [5.74, 6) is -0.494. The van der Waals surface area contributed by atoms with Crippen LogP contribution in [-0.4, -0.2) is 33.1 Å². The topological polar surface area (TPSA) is 79.2 Å². The molecule has 0 aliphatic rings. The number of benzene rings is 1. The number of aliphatic hydroxyl groups is 1. The van der Waals surface area contributed by atoms with Gasteiger partial charge in [-0.1, -0.05) is 6.92 Å². The first-order valence-corrected chi connectivity index (χ1v) is 7.38. The van der Waals surface area contributed by atoms with Gasteiger partial charge in [0.15, 0.2) is 5.82 Å². The van der Waals surface area contributed by atoms with Gasteiger partial charge in [-0.2, -0.15) is 5.10 Å². The van der Waals surface area contributed by atoms with Crippen LogP contribution in [-0.2, 0) is 0 Å². The van der Waals surface area contributed by atoms with E-state index in [9.17, 15) is 14.3 Å². The normalized spacial score (nSPS) is 13.4. The Morgan fingerprint density at radius 1 is 1.48 bits per heavy atom. The quantitative estimate of drug-likeness (QED) is 0.792. The number of rotatable bonds is 5. The Balaban J connectivity index is 2.10. The van der Waals surface area contributed by atoms with Gasteiger partial charge in [-0.25, -0.2) is 13.9 Å². The standard InChI is InChI=1S/C16H21FN4O2/c1-4-16(3,10-22)20-15(23)19-12-5-6-14(13(17)7-12)21-9-11(2)8-18-21/h5-9,22H,4,10H2,1-3H3,(H2,19,20,23)/t16-/m1/s1. The molecule has 1 atom stereocenters. The molecule has 0 unspecified atom stereocenters. The lowest BCUT2D eigenvalue weighted by Crippen LogP contribution is -2.50. The fourth-order valence-electron chi connectivity index (χ4n) is 1.99. The number of urea groups is 1. The van der Waals surface area contributed by atoms with Gasteiger partial charge in [-0.15, -0.1) is 0 Å². The van der Waals surface area contributed by atoms with E-state index >= 15 is 0 Å². The summed E-state index contributed by atoms with van der Waals surface area (Å²) in [5, 5.41) is 18.6. The molecule has 7 heteroatoms. The first-order chi connectivity index (χ1) is 10.9. The maximum Gasteiger partial charge on any atom is 0.319 e. The molecule has 124 valence electrons. The molecule has 0 bridgehead atoms. The minimum absolute atomic E-state index is 0.178. The molecule has 0 saturated carbocycles. The van der Waals surface area contributed by atoms with Gasteiger partial charge in [0.05, 0.1) is 18.3 Å². The number of nitrogens with zero attached hydrogens (tertiary/aromatic N) is 2. The van der Waals surface area contributed by atoms with E-state index in [4.69, 9.17) is 0 Å². The summed E-state index contributed by atoms with van der Waals surface area (Å²) in [6.07, 6.45) is 3.93. The van der Waals surface area contributed by atoms with Crippen LogP contribution >= 0.6 is 0 Å². The molecular weight excluding hydrogens is 299 g/mol. The lowest BCUT2D eigenvalue weighted by atomic mass is 10.0.